The van der Waals surface area contributed by atoms with Crippen LogP contribution in [0.15, 0.2) is 6.07 Å². The van der Waals surface area contributed by atoms with Gasteiger partial charge < -0.3 is 11.1 Å². The number of aryl methyl sites for hydroxylation is 1. The molecule has 0 aromatic carbocycles. The lowest BCUT2D eigenvalue weighted by molar-refractivity contribution is 0.773. The van der Waals surface area contributed by atoms with Gasteiger partial charge in [-0.25, -0.2) is 4.98 Å². The van der Waals surface area contributed by atoms with Crippen molar-refractivity contribution in [3.05, 3.63) is 11.8 Å². The van der Waals surface area contributed by atoms with Crippen LogP contribution in [-0.2, 0) is 0 Å². The molecule has 0 saturated heterocycles. The number of rotatable bonds is 3. The predicted octanol–water partition coefficient (Wildman–Crippen LogP) is 1.58. The van der Waals surface area contributed by atoms with E-state index in [0.717, 1.165) is 17.4 Å². The monoisotopic (exact) mass is 192 g/mol. The number of nitrogen functional groups attached to an aromatic ring is 1. The van der Waals surface area contributed by atoms with Crippen LogP contribution in [0, 0.1) is 12.8 Å². The Morgan fingerprint density at radius 3 is 2.93 bits per heavy atom. The van der Waals surface area contributed by atoms with Crippen LogP contribution < -0.4 is 11.1 Å². The molecule has 4 heteroatoms. The zero-order valence-electron chi connectivity index (χ0n) is 8.62. The fraction of sp³-hybridized carbons (Fsp3) is 0.600. The average Bonchev–Trinajstić information content (AvgIpc) is 2.81. The van der Waals surface area contributed by atoms with Gasteiger partial charge in [0, 0.05) is 17.8 Å². The van der Waals surface area contributed by atoms with Gasteiger partial charge in [0.1, 0.15) is 5.82 Å². The summed E-state index contributed by atoms with van der Waals surface area (Å²) in [5, 5.41) is 3.37. The van der Waals surface area contributed by atoms with Crippen molar-refractivity contribution < 1.29 is 0 Å². The van der Waals surface area contributed by atoms with Gasteiger partial charge in [-0.05, 0) is 19.3 Å². The molecule has 0 bridgehead atoms. The standard InChI is InChI=1S/C10H16N4/c1-3-7-5-8(7)13-9-4-6(2)12-10(11)14-9/h4,7-8H,3,5H2,1-2H3,(H3,11,12,13,14). The van der Waals surface area contributed by atoms with Crippen LogP contribution >= 0.6 is 0 Å². The molecule has 2 unspecified atom stereocenters. The van der Waals surface area contributed by atoms with Gasteiger partial charge in [-0.2, -0.15) is 4.98 Å². The predicted molar refractivity (Wildman–Crippen MR) is 57.0 cm³/mol. The molecule has 1 fully saturated rings. The molecule has 2 rings (SSSR count). The molecule has 0 spiro atoms. The third-order valence-electron chi connectivity index (χ3n) is 2.65. The zero-order chi connectivity index (χ0) is 10.1. The van der Waals surface area contributed by atoms with Crippen LogP contribution in [0.25, 0.3) is 0 Å². The van der Waals surface area contributed by atoms with E-state index in [-0.39, 0.29) is 0 Å². The van der Waals surface area contributed by atoms with Crippen LogP contribution in [0.1, 0.15) is 25.5 Å². The van der Waals surface area contributed by atoms with Crippen molar-refractivity contribution >= 4 is 11.8 Å². The Kier molecular flexibility index (Phi) is 2.27. The number of hydrogen-bond donors (Lipinski definition) is 2. The van der Waals surface area contributed by atoms with Gasteiger partial charge in [-0.3, -0.25) is 0 Å². The van der Waals surface area contributed by atoms with Gasteiger partial charge in [-0.15, -0.1) is 0 Å². The molecule has 1 aromatic heterocycles. The number of hydrogen-bond acceptors (Lipinski definition) is 4. The van der Waals surface area contributed by atoms with Crippen molar-refractivity contribution in [1.29, 1.82) is 0 Å². The van der Waals surface area contributed by atoms with Gasteiger partial charge in [0.15, 0.2) is 0 Å². The molecule has 0 radical (unpaired) electrons. The first-order valence-electron chi connectivity index (χ1n) is 5.06. The third-order valence-corrected chi connectivity index (χ3v) is 2.65. The topological polar surface area (TPSA) is 63.8 Å². The molecular formula is C10H16N4. The van der Waals surface area contributed by atoms with E-state index < -0.39 is 0 Å². The number of anilines is 2. The molecule has 1 aliphatic carbocycles. The first kappa shape index (κ1) is 9.24. The lowest BCUT2D eigenvalue weighted by atomic mass is 10.3. The summed E-state index contributed by atoms with van der Waals surface area (Å²) in [6, 6.07) is 2.52. The van der Waals surface area contributed by atoms with Crippen LogP contribution in [0.3, 0.4) is 0 Å². The second-order valence-corrected chi connectivity index (χ2v) is 3.91. The molecule has 0 amide bonds. The largest absolute Gasteiger partial charge is 0.368 e. The van der Waals surface area contributed by atoms with Crippen molar-refractivity contribution in [2.24, 2.45) is 5.92 Å². The lowest BCUT2D eigenvalue weighted by Crippen LogP contribution is -2.08. The molecule has 76 valence electrons. The molecule has 14 heavy (non-hydrogen) atoms. The summed E-state index contributed by atoms with van der Waals surface area (Å²) in [4.78, 5) is 8.17. The minimum absolute atomic E-state index is 0.348. The van der Waals surface area contributed by atoms with E-state index in [0.29, 0.717) is 12.0 Å². The fourth-order valence-electron chi connectivity index (χ4n) is 1.73. The molecule has 1 aliphatic rings. The Morgan fingerprint density at radius 2 is 2.36 bits per heavy atom. The van der Waals surface area contributed by atoms with Crippen LogP contribution in [-0.4, -0.2) is 16.0 Å². The third kappa shape index (κ3) is 1.95. The van der Waals surface area contributed by atoms with E-state index in [1.165, 1.54) is 12.8 Å². The van der Waals surface area contributed by atoms with Crippen molar-refractivity contribution in [1.82, 2.24) is 9.97 Å². The normalized spacial score (nSPS) is 24.7. The number of nitrogens with zero attached hydrogens (tertiary/aromatic N) is 2. The summed E-state index contributed by atoms with van der Waals surface area (Å²) in [6.45, 7) is 4.14. The summed E-state index contributed by atoms with van der Waals surface area (Å²) < 4.78 is 0. The first-order chi connectivity index (χ1) is 6.69. The van der Waals surface area contributed by atoms with Gasteiger partial charge in [0.25, 0.3) is 0 Å². The van der Waals surface area contributed by atoms with E-state index in [1.807, 2.05) is 13.0 Å². The molecule has 1 aromatic rings. The van der Waals surface area contributed by atoms with Crippen molar-refractivity contribution in [2.75, 3.05) is 11.1 Å². The summed E-state index contributed by atoms with van der Waals surface area (Å²) >= 11 is 0. The van der Waals surface area contributed by atoms with Crippen molar-refractivity contribution in [3.8, 4) is 0 Å². The molecular weight excluding hydrogens is 176 g/mol. The van der Waals surface area contributed by atoms with Gasteiger partial charge in [0.2, 0.25) is 5.95 Å². The molecule has 1 heterocycles. The highest BCUT2D eigenvalue weighted by Crippen LogP contribution is 2.35. The van der Waals surface area contributed by atoms with Gasteiger partial charge in [-0.1, -0.05) is 13.3 Å². The minimum atomic E-state index is 0.348. The van der Waals surface area contributed by atoms with E-state index in [2.05, 4.69) is 22.2 Å². The second-order valence-electron chi connectivity index (χ2n) is 3.91. The Bertz CT molecular complexity index is 317. The van der Waals surface area contributed by atoms with Crippen LogP contribution in [0.2, 0.25) is 0 Å². The first-order valence-corrected chi connectivity index (χ1v) is 5.06. The molecule has 2 atom stereocenters. The maximum Gasteiger partial charge on any atom is 0.222 e. The molecule has 4 nitrogen and oxygen atoms in total. The molecule has 0 aliphatic heterocycles. The summed E-state index contributed by atoms with van der Waals surface area (Å²) in [5.74, 6) is 2.02. The molecule has 3 N–H and O–H groups in total. The minimum Gasteiger partial charge on any atom is -0.368 e. The number of nitrogens with one attached hydrogen (secondary N) is 1. The Balaban J connectivity index is 2.03. The second kappa shape index (κ2) is 3.44. The highest BCUT2D eigenvalue weighted by Gasteiger charge is 2.35. The lowest BCUT2D eigenvalue weighted by Gasteiger charge is -2.05. The van der Waals surface area contributed by atoms with E-state index in [4.69, 9.17) is 5.73 Å². The maximum atomic E-state index is 5.56. The summed E-state index contributed by atoms with van der Waals surface area (Å²) in [6.07, 6.45) is 2.48. The SMILES string of the molecule is CCC1CC1Nc1cc(C)nc(N)n1. The Labute approximate surface area is 83.9 Å². The van der Waals surface area contributed by atoms with E-state index in [1.54, 1.807) is 0 Å². The highest BCUT2D eigenvalue weighted by molar-refractivity contribution is 5.42. The van der Waals surface area contributed by atoms with Gasteiger partial charge >= 0.3 is 0 Å². The summed E-state index contributed by atoms with van der Waals surface area (Å²) in [7, 11) is 0. The Hall–Kier alpha value is -1.32. The molecule has 1 saturated carbocycles. The van der Waals surface area contributed by atoms with Crippen LogP contribution in [0.4, 0.5) is 11.8 Å². The fourth-order valence-corrected chi connectivity index (χ4v) is 1.73. The van der Waals surface area contributed by atoms with Crippen molar-refractivity contribution in [2.45, 2.75) is 32.7 Å². The Morgan fingerprint density at radius 1 is 1.57 bits per heavy atom. The number of nitrogens with two attached hydrogens (primary N) is 1. The quantitative estimate of drug-likeness (QED) is 0.763. The van der Waals surface area contributed by atoms with Crippen molar-refractivity contribution in [3.63, 3.8) is 0 Å². The van der Waals surface area contributed by atoms with E-state index in [9.17, 15) is 0 Å². The highest BCUT2D eigenvalue weighted by atomic mass is 15.1. The average molecular weight is 192 g/mol. The number of aromatic nitrogens is 2. The van der Waals surface area contributed by atoms with Crippen LogP contribution in [0.5, 0.6) is 0 Å². The van der Waals surface area contributed by atoms with Gasteiger partial charge in [0.05, 0.1) is 0 Å². The smallest absolute Gasteiger partial charge is 0.222 e. The zero-order valence-corrected chi connectivity index (χ0v) is 8.62. The maximum absolute atomic E-state index is 5.56. The van der Waals surface area contributed by atoms with E-state index >= 15 is 0 Å². The summed E-state index contributed by atoms with van der Waals surface area (Å²) in [5.41, 5.74) is 6.47.